The number of hydrogen-bond donors (Lipinski definition) is 0. The number of imide groups is 1. The van der Waals surface area contributed by atoms with Crippen molar-refractivity contribution in [3.05, 3.63) is 91.8 Å². The number of carbonyl (C=O) groups excluding carboxylic acids is 3. The number of amides is 3. The molecule has 4 aromatic rings. The molecule has 1 fully saturated rings. The minimum Gasteiger partial charge on any atom is -0.328 e. The summed E-state index contributed by atoms with van der Waals surface area (Å²) in [4.78, 5) is 73.7. The fourth-order valence-corrected chi connectivity index (χ4v) is 5.96. The van der Waals surface area contributed by atoms with Crippen LogP contribution in [0.25, 0.3) is 11.2 Å². The Morgan fingerprint density at radius 3 is 2.40 bits per heavy atom. The summed E-state index contributed by atoms with van der Waals surface area (Å²) < 4.78 is 3.99. The number of likely N-dealkylation sites (tertiary alicyclic amines) is 1. The van der Waals surface area contributed by atoms with Crippen LogP contribution in [-0.4, -0.2) is 47.9 Å². The van der Waals surface area contributed by atoms with Gasteiger partial charge in [-0.15, -0.1) is 0 Å². The molecule has 12 heteroatoms. The molecule has 1 unspecified atom stereocenters. The van der Waals surface area contributed by atoms with Crippen LogP contribution in [0.5, 0.6) is 0 Å². The molecule has 2 aliphatic heterocycles. The molecule has 11 nitrogen and oxygen atoms in total. The number of rotatable bonds is 6. The van der Waals surface area contributed by atoms with Gasteiger partial charge in [-0.05, 0) is 30.2 Å². The van der Waals surface area contributed by atoms with E-state index in [2.05, 4.69) is 4.98 Å². The third-order valence-electron chi connectivity index (χ3n) is 7.80. The van der Waals surface area contributed by atoms with Crippen molar-refractivity contribution < 1.29 is 14.4 Å². The molecule has 0 radical (unpaired) electrons. The highest BCUT2D eigenvalue weighted by Crippen LogP contribution is 2.49. The van der Waals surface area contributed by atoms with Gasteiger partial charge in [-0.1, -0.05) is 41.9 Å². The van der Waals surface area contributed by atoms with Crippen molar-refractivity contribution >= 4 is 46.2 Å². The quantitative estimate of drug-likeness (QED) is 0.262. The Morgan fingerprint density at radius 1 is 0.925 bits per heavy atom. The van der Waals surface area contributed by atoms with E-state index in [1.165, 1.54) is 15.8 Å². The highest BCUT2D eigenvalue weighted by Gasteiger charge is 2.63. The fourth-order valence-electron chi connectivity index (χ4n) is 5.79. The first kappa shape index (κ1) is 25.8. The summed E-state index contributed by atoms with van der Waals surface area (Å²) in [5.74, 6) is -1.53. The predicted molar refractivity (Wildman–Crippen MR) is 147 cm³/mol. The Balaban J connectivity index is 1.31. The van der Waals surface area contributed by atoms with Crippen molar-refractivity contribution in [2.24, 2.45) is 14.1 Å². The Bertz CT molecular complexity index is 1840. The second-order valence-corrected chi connectivity index (χ2v) is 10.6. The van der Waals surface area contributed by atoms with Crippen LogP contribution in [0.1, 0.15) is 24.0 Å². The number of aromatic nitrogens is 4. The maximum atomic E-state index is 14.0. The lowest BCUT2D eigenvalue weighted by atomic mass is 9.80. The first-order valence-corrected chi connectivity index (χ1v) is 13.1. The number of nitrogens with zero attached hydrogens (tertiary/aromatic N) is 6. The molecule has 0 saturated carbocycles. The van der Waals surface area contributed by atoms with Gasteiger partial charge in [0.05, 0.1) is 19.3 Å². The first-order chi connectivity index (χ1) is 19.1. The van der Waals surface area contributed by atoms with Crippen LogP contribution in [0.15, 0.2) is 64.4 Å². The SMILES string of the molecule is Cn1cnc2c1c(=O)n(CCCN1C(=O)C3(CC(=O)N(Cc4ccccc4)C3=O)c3cc(Cl)ccc31)c(=O)n2C. The van der Waals surface area contributed by atoms with E-state index in [9.17, 15) is 24.0 Å². The summed E-state index contributed by atoms with van der Waals surface area (Å²) in [5.41, 5.74) is -0.446. The molecule has 1 spiro atoms. The van der Waals surface area contributed by atoms with Crippen LogP contribution in [0, 0.1) is 0 Å². The average molecular weight is 561 g/mol. The van der Waals surface area contributed by atoms with Crippen molar-refractivity contribution in [2.45, 2.75) is 31.3 Å². The van der Waals surface area contributed by atoms with Gasteiger partial charge in [-0.2, -0.15) is 0 Å². The minimum absolute atomic E-state index is 0.0410. The number of imidazole rings is 1. The second kappa shape index (κ2) is 9.30. The maximum Gasteiger partial charge on any atom is 0.332 e. The molecule has 2 aromatic heterocycles. The number of carbonyl (C=O) groups is 3. The Hall–Kier alpha value is -4.51. The molecule has 2 aliphatic rings. The maximum absolute atomic E-state index is 14.0. The molecule has 0 bridgehead atoms. The zero-order chi connectivity index (χ0) is 28.3. The molecule has 1 saturated heterocycles. The van der Waals surface area contributed by atoms with Crippen molar-refractivity contribution in [3.8, 4) is 0 Å². The van der Waals surface area contributed by atoms with Crippen molar-refractivity contribution in [3.63, 3.8) is 0 Å². The number of aryl methyl sites for hydroxylation is 2. The zero-order valence-electron chi connectivity index (χ0n) is 21.8. The smallest absolute Gasteiger partial charge is 0.328 e. The third kappa shape index (κ3) is 3.64. The third-order valence-corrected chi connectivity index (χ3v) is 8.03. The highest BCUT2D eigenvalue weighted by molar-refractivity contribution is 6.32. The monoisotopic (exact) mass is 560 g/mol. The number of fused-ring (bicyclic) bond motifs is 3. The second-order valence-electron chi connectivity index (χ2n) is 10.2. The molecule has 0 N–H and O–H groups in total. The lowest BCUT2D eigenvalue weighted by Gasteiger charge is -2.23. The molecular formula is C28H25ClN6O5. The molecule has 6 rings (SSSR count). The van der Waals surface area contributed by atoms with E-state index < -0.39 is 34.4 Å². The molecule has 0 aliphatic carbocycles. The number of anilines is 1. The van der Waals surface area contributed by atoms with E-state index in [4.69, 9.17) is 11.6 Å². The summed E-state index contributed by atoms with van der Waals surface area (Å²) in [6.45, 7) is 0.222. The number of hydrogen-bond acceptors (Lipinski definition) is 6. The van der Waals surface area contributed by atoms with E-state index in [1.807, 2.05) is 30.3 Å². The Kier molecular flexibility index (Phi) is 5.99. The highest BCUT2D eigenvalue weighted by atomic mass is 35.5. The molecule has 40 heavy (non-hydrogen) atoms. The average Bonchev–Trinajstić information content (AvgIpc) is 3.52. The van der Waals surface area contributed by atoms with E-state index in [1.54, 1.807) is 36.9 Å². The summed E-state index contributed by atoms with van der Waals surface area (Å²) in [7, 11) is 3.22. The zero-order valence-corrected chi connectivity index (χ0v) is 22.6. The van der Waals surface area contributed by atoms with Gasteiger partial charge in [0.2, 0.25) is 17.7 Å². The standard InChI is InChI=1S/C28H25ClN6O5/c1-31-16-30-23-22(31)24(37)34(27(40)32(23)2)12-6-11-33-20-10-9-18(29)13-19(20)28(25(33)38)14-21(36)35(26(28)39)15-17-7-4-3-5-8-17/h3-5,7-10,13,16H,6,11-12,14-15H2,1-2H3. The van der Waals surface area contributed by atoms with Crippen LogP contribution in [-0.2, 0) is 47.0 Å². The van der Waals surface area contributed by atoms with Gasteiger partial charge in [0.25, 0.3) is 5.56 Å². The normalized spacial score (nSPS) is 18.5. The van der Waals surface area contributed by atoms with Crippen LogP contribution in [0.2, 0.25) is 5.02 Å². The van der Waals surface area contributed by atoms with Gasteiger partial charge >= 0.3 is 5.69 Å². The summed E-state index contributed by atoms with van der Waals surface area (Å²) in [6, 6.07) is 14.0. The fraction of sp³-hybridized carbons (Fsp3) is 0.286. The molecule has 3 amide bonds. The van der Waals surface area contributed by atoms with Crippen LogP contribution >= 0.6 is 11.6 Å². The predicted octanol–water partition coefficient (Wildman–Crippen LogP) is 1.72. The lowest BCUT2D eigenvalue weighted by Crippen LogP contribution is -2.47. The Labute approximate surface area is 232 Å². The van der Waals surface area contributed by atoms with E-state index in [0.29, 0.717) is 27.4 Å². The van der Waals surface area contributed by atoms with E-state index >= 15 is 0 Å². The van der Waals surface area contributed by atoms with Crippen LogP contribution in [0.4, 0.5) is 5.69 Å². The van der Waals surface area contributed by atoms with Gasteiger partial charge < -0.3 is 9.47 Å². The molecular weight excluding hydrogens is 536 g/mol. The molecule has 204 valence electrons. The molecule has 2 aromatic carbocycles. The van der Waals surface area contributed by atoms with Crippen LogP contribution in [0.3, 0.4) is 0 Å². The largest absolute Gasteiger partial charge is 0.332 e. The molecule has 1 atom stereocenters. The number of benzene rings is 2. The van der Waals surface area contributed by atoms with E-state index in [0.717, 1.165) is 15.0 Å². The van der Waals surface area contributed by atoms with Crippen molar-refractivity contribution in [1.82, 2.24) is 23.6 Å². The van der Waals surface area contributed by atoms with Crippen molar-refractivity contribution in [2.75, 3.05) is 11.4 Å². The van der Waals surface area contributed by atoms with Crippen molar-refractivity contribution in [1.29, 1.82) is 0 Å². The molecule has 4 heterocycles. The van der Waals surface area contributed by atoms with Gasteiger partial charge in [0.1, 0.15) is 0 Å². The topological polar surface area (TPSA) is 120 Å². The van der Waals surface area contributed by atoms with Gasteiger partial charge in [0.15, 0.2) is 16.6 Å². The van der Waals surface area contributed by atoms with E-state index in [-0.39, 0.29) is 32.5 Å². The summed E-state index contributed by atoms with van der Waals surface area (Å²) in [6.07, 6.45) is 1.43. The van der Waals surface area contributed by atoms with Crippen LogP contribution < -0.4 is 16.1 Å². The van der Waals surface area contributed by atoms with Gasteiger partial charge in [-0.25, -0.2) is 9.78 Å². The lowest BCUT2D eigenvalue weighted by molar-refractivity contribution is -0.142. The Morgan fingerprint density at radius 2 is 1.65 bits per heavy atom. The first-order valence-electron chi connectivity index (χ1n) is 12.8. The number of halogens is 1. The van der Waals surface area contributed by atoms with Gasteiger partial charge in [0, 0.05) is 43.5 Å². The van der Waals surface area contributed by atoms with Gasteiger partial charge in [-0.3, -0.25) is 33.2 Å². The summed E-state index contributed by atoms with van der Waals surface area (Å²) >= 11 is 6.29. The summed E-state index contributed by atoms with van der Waals surface area (Å²) in [5, 5.41) is 0.342. The minimum atomic E-state index is -1.70.